The van der Waals surface area contributed by atoms with Crippen LogP contribution < -0.4 is 5.73 Å². The van der Waals surface area contributed by atoms with E-state index in [-0.39, 0.29) is 12.4 Å². The fourth-order valence-electron chi connectivity index (χ4n) is 3.45. The van der Waals surface area contributed by atoms with Crippen LogP contribution in [-0.4, -0.2) is 55.1 Å². The van der Waals surface area contributed by atoms with E-state index in [2.05, 4.69) is 16.7 Å². The fourth-order valence-corrected chi connectivity index (χ4v) is 3.45. The number of nitrogens with two attached hydrogens (primary N) is 1. The molecule has 0 spiro atoms. The number of hydrogen-bond donors (Lipinski definition) is 1. The van der Waals surface area contributed by atoms with Crippen LogP contribution in [0.5, 0.6) is 0 Å². The first-order valence-electron chi connectivity index (χ1n) is 7.46. The molecule has 0 aromatic heterocycles. The molecule has 18 heavy (non-hydrogen) atoms. The van der Waals surface area contributed by atoms with Gasteiger partial charge in [0.05, 0.1) is 0 Å². The van der Waals surface area contributed by atoms with Crippen molar-refractivity contribution in [1.82, 2.24) is 9.80 Å². The van der Waals surface area contributed by atoms with Crippen LogP contribution in [0.25, 0.3) is 0 Å². The lowest BCUT2D eigenvalue weighted by Gasteiger charge is -2.39. The number of hydrogen-bond acceptors (Lipinski definition) is 3. The number of likely N-dealkylation sites (tertiary alicyclic amines) is 2. The molecule has 3 nitrogen and oxygen atoms in total. The highest BCUT2D eigenvalue weighted by Crippen LogP contribution is 2.22. The minimum Gasteiger partial charge on any atom is -0.329 e. The van der Waals surface area contributed by atoms with Crippen molar-refractivity contribution in [3.8, 4) is 0 Å². The number of rotatable bonds is 4. The van der Waals surface area contributed by atoms with Gasteiger partial charge in [0, 0.05) is 32.2 Å². The van der Waals surface area contributed by atoms with Gasteiger partial charge in [-0.25, -0.2) is 0 Å². The molecule has 4 heteroatoms. The molecule has 0 aromatic rings. The third-order valence-electron chi connectivity index (χ3n) is 4.48. The molecule has 2 heterocycles. The summed E-state index contributed by atoms with van der Waals surface area (Å²) in [6.45, 7) is 9.50. The molecule has 2 saturated heterocycles. The average Bonchev–Trinajstić information content (AvgIpc) is 2.33. The Balaban J connectivity index is 0.00000162. The van der Waals surface area contributed by atoms with Crippen LogP contribution in [0.2, 0.25) is 0 Å². The highest BCUT2D eigenvalue weighted by Gasteiger charge is 2.25. The Hall–Kier alpha value is 0.170. The molecule has 0 aromatic carbocycles. The molecule has 2 aliphatic rings. The first kappa shape index (κ1) is 16.2. The Morgan fingerprint density at radius 3 is 2.67 bits per heavy atom. The third kappa shape index (κ3) is 4.69. The molecule has 2 atom stereocenters. The predicted octanol–water partition coefficient (Wildman–Crippen LogP) is 1.95. The van der Waals surface area contributed by atoms with Crippen molar-refractivity contribution in [2.75, 3.05) is 39.3 Å². The van der Waals surface area contributed by atoms with Gasteiger partial charge in [-0.05, 0) is 51.6 Å². The van der Waals surface area contributed by atoms with Gasteiger partial charge in [0.1, 0.15) is 0 Å². The smallest absolute Gasteiger partial charge is 0.0105 e. The molecule has 2 N–H and O–H groups in total. The van der Waals surface area contributed by atoms with Crippen molar-refractivity contribution in [2.45, 2.75) is 45.1 Å². The summed E-state index contributed by atoms with van der Waals surface area (Å²) < 4.78 is 0. The summed E-state index contributed by atoms with van der Waals surface area (Å²) in [5.74, 6) is 0.885. The maximum Gasteiger partial charge on any atom is 0.0105 e. The van der Waals surface area contributed by atoms with Crippen LogP contribution in [0.15, 0.2) is 0 Å². The monoisotopic (exact) mass is 275 g/mol. The van der Waals surface area contributed by atoms with Crippen molar-refractivity contribution >= 4 is 12.4 Å². The van der Waals surface area contributed by atoms with Crippen molar-refractivity contribution in [1.29, 1.82) is 0 Å². The second-order valence-electron chi connectivity index (χ2n) is 5.94. The molecule has 0 radical (unpaired) electrons. The molecule has 2 unspecified atom stereocenters. The van der Waals surface area contributed by atoms with Gasteiger partial charge in [0.25, 0.3) is 0 Å². The van der Waals surface area contributed by atoms with E-state index in [4.69, 9.17) is 5.73 Å². The van der Waals surface area contributed by atoms with Gasteiger partial charge in [-0.2, -0.15) is 0 Å². The molecular weight excluding hydrogens is 246 g/mol. The normalized spacial score (nSPS) is 31.0. The van der Waals surface area contributed by atoms with E-state index in [1.807, 2.05) is 0 Å². The minimum atomic E-state index is 0. The van der Waals surface area contributed by atoms with Crippen LogP contribution >= 0.6 is 12.4 Å². The largest absolute Gasteiger partial charge is 0.329 e. The lowest BCUT2D eigenvalue weighted by molar-refractivity contribution is 0.0952. The van der Waals surface area contributed by atoms with Gasteiger partial charge >= 0.3 is 0 Å². The highest BCUT2D eigenvalue weighted by atomic mass is 35.5. The third-order valence-corrected chi connectivity index (χ3v) is 4.48. The first-order chi connectivity index (χ1) is 8.29. The molecule has 2 aliphatic heterocycles. The van der Waals surface area contributed by atoms with Gasteiger partial charge < -0.3 is 15.5 Å². The average molecular weight is 276 g/mol. The van der Waals surface area contributed by atoms with Crippen molar-refractivity contribution in [2.24, 2.45) is 11.7 Å². The van der Waals surface area contributed by atoms with Gasteiger partial charge in [0.15, 0.2) is 0 Å². The van der Waals surface area contributed by atoms with Crippen LogP contribution in [0.1, 0.15) is 39.0 Å². The maximum absolute atomic E-state index is 5.66. The Kier molecular flexibility index (Phi) is 7.54. The zero-order chi connectivity index (χ0) is 12.1. The molecule has 108 valence electrons. The van der Waals surface area contributed by atoms with E-state index < -0.39 is 0 Å². The molecule has 0 bridgehead atoms. The second-order valence-corrected chi connectivity index (χ2v) is 5.94. The molecular formula is C14H30ClN3. The summed E-state index contributed by atoms with van der Waals surface area (Å²) in [7, 11) is 0. The quantitative estimate of drug-likeness (QED) is 0.851. The molecule has 2 fully saturated rings. The zero-order valence-electron chi connectivity index (χ0n) is 11.8. The summed E-state index contributed by atoms with van der Waals surface area (Å²) in [5.41, 5.74) is 5.66. The van der Waals surface area contributed by atoms with E-state index >= 15 is 0 Å². The Labute approximate surface area is 118 Å². The highest BCUT2D eigenvalue weighted by molar-refractivity contribution is 5.85. The lowest BCUT2D eigenvalue weighted by atomic mass is 9.95. The van der Waals surface area contributed by atoms with Crippen molar-refractivity contribution < 1.29 is 0 Å². The van der Waals surface area contributed by atoms with E-state index in [1.165, 1.54) is 58.3 Å². The summed E-state index contributed by atoms with van der Waals surface area (Å²) in [4.78, 5) is 5.28. The van der Waals surface area contributed by atoms with E-state index in [0.717, 1.165) is 25.0 Å². The fraction of sp³-hybridized carbons (Fsp3) is 1.00. The standard InChI is InChI=1S/C14H29N3.ClH/c1-13-5-2-3-9-17(13)12-14-6-4-8-16(11-14)10-7-15;/h13-14H,2-12,15H2,1H3;1H. The Bertz CT molecular complexity index is 223. The predicted molar refractivity (Wildman–Crippen MR) is 80.4 cm³/mol. The minimum absolute atomic E-state index is 0. The van der Waals surface area contributed by atoms with Crippen LogP contribution in [0, 0.1) is 5.92 Å². The molecule has 0 amide bonds. The van der Waals surface area contributed by atoms with E-state index in [9.17, 15) is 0 Å². The van der Waals surface area contributed by atoms with Crippen molar-refractivity contribution in [3.05, 3.63) is 0 Å². The van der Waals surface area contributed by atoms with Gasteiger partial charge in [-0.15, -0.1) is 12.4 Å². The zero-order valence-corrected chi connectivity index (χ0v) is 12.6. The summed E-state index contributed by atoms with van der Waals surface area (Å²) in [6, 6.07) is 0.814. The SMILES string of the molecule is CC1CCCCN1CC1CCCN(CCN)C1.Cl. The van der Waals surface area contributed by atoms with E-state index in [0.29, 0.717) is 0 Å². The van der Waals surface area contributed by atoms with Crippen LogP contribution in [0.3, 0.4) is 0 Å². The number of halogens is 1. The molecule has 0 aliphatic carbocycles. The van der Waals surface area contributed by atoms with Crippen molar-refractivity contribution in [3.63, 3.8) is 0 Å². The summed E-state index contributed by atoms with van der Waals surface area (Å²) in [6.07, 6.45) is 7.03. The Morgan fingerprint density at radius 1 is 1.11 bits per heavy atom. The number of nitrogens with zero attached hydrogens (tertiary/aromatic N) is 2. The first-order valence-corrected chi connectivity index (χ1v) is 7.46. The maximum atomic E-state index is 5.66. The second kappa shape index (κ2) is 8.36. The topological polar surface area (TPSA) is 32.5 Å². The van der Waals surface area contributed by atoms with Gasteiger partial charge in [0.2, 0.25) is 0 Å². The van der Waals surface area contributed by atoms with Crippen LogP contribution in [-0.2, 0) is 0 Å². The molecule has 0 saturated carbocycles. The van der Waals surface area contributed by atoms with Gasteiger partial charge in [-0.1, -0.05) is 6.42 Å². The lowest BCUT2D eigenvalue weighted by Crippen LogP contribution is -2.46. The van der Waals surface area contributed by atoms with Gasteiger partial charge in [-0.3, -0.25) is 0 Å². The Morgan fingerprint density at radius 2 is 1.94 bits per heavy atom. The summed E-state index contributed by atoms with van der Waals surface area (Å²) >= 11 is 0. The van der Waals surface area contributed by atoms with Crippen LogP contribution in [0.4, 0.5) is 0 Å². The number of piperidine rings is 2. The molecule has 2 rings (SSSR count). The van der Waals surface area contributed by atoms with E-state index in [1.54, 1.807) is 0 Å². The summed E-state index contributed by atoms with van der Waals surface area (Å²) in [5, 5.41) is 0.